The van der Waals surface area contributed by atoms with Crippen LogP contribution in [0.1, 0.15) is 49.9 Å². The maximum absolute atomic E-state index is 12.8. The predicted molar refractivity (Wildman–Crippen MR) is 137 cm³/mol. The molecule has 2 aliphatic rings. The molecule has 6 heteroatoms. The largest absolute Gasteiger partial charge is 0.497 e. The zero-order chi connectivity index (χ0) is 24.2. The van der Waals surface area contributed by atoms with Crippen molar-refractivity contribution in [3.8, 4) is 16.9 Å². The van der Waals surface area contributed by atoms with Gasteiger partial charge in [0.2, 0.25) is 0 Å². The number of alkyl carbamates (subject to hydrolysis) is 1. The zero-order valence-electron chi connectivity index (χ0n) is 20.4. The van der Waals surface area contributed by atoms with Crippen molar-refractivity contribution in [3.63, 3.8) is 0 Å². The van der Waals surface area contributed by atoms with Gasteiger partial charge in [-0.05, 0) is 48.1 Å². The van der Waals surface area contributed by atoms with Crippen molar-refractivity contribution in [3.05, 3.63) is 78.1 Å². The summed E-state index contributed by atoms with van der Waals surface area (Å²) in [5.41, 5.74) is 4.92. The number of fused-ring (bicyclic) bond motifs is 1. The van der Waals surface area contributed by atoms with E-state index in [2.05, 4.69) is 23.6 Å². The van der Waals surface area contributed by atoms with Crippen molar-refractivity contribution >= 4 is 11.8 Å². The molecule has 2 heterocycles. The van der Waals surface area contributed by atoms with Crippen molar-refractivity contribution in [1.29, 1.82) is 0 Å². The minimum Gasteiger partial charge on any atom is -0.497 e. The normalized spacial score (nSPS) is 21.6. The molecule has 1 aromatic heterocycles. The zero-order valence-corrected chi connectivity index (χ0v) is 20.4. The fourth-order valence-electron chi connectivity index (χ4n) is 5.50. The summed E-state index contributed by atoms with van der Waals surface area (Å²) in [6.07, 6.45) is 6.44. The fraction of sp³-hybridized carbons (Fsp3) is 0.379. The third-order valence-electron chi connectivity index (χ3n) is 7.44. The number of pyridine rings is 1. The van der Waals surface area contributed by atoms with Crippen LogP contribution < -0.4 is 15.4 Å². The van der Waals surface area contributed by atoms with Crippen LogP contribution in [-0.2, 0) is 11.3 Å². The van der Waals surface area contributed by atoms with E-state index >= 15 is 0 Å². The Labute approximate surface area is 207 Å². The van der Waals surface area contributed by atoms with Crippen molar-refractivity contribution in [1.82, 2.24) is 10.3 Å². The van der Waals surface area contributed by atoms with Gasteiger partial charge in [0, 0.05) is 23.7 Å². The van der Waals surface area contributed by atoms with Gasteiger partial charge in [0.25, 0.3) is 0 Å². The number of anilines is 1. The van der Waals surface area contributed by atoms with Gasteiger partial charge in [-0.25, -0.2) is 4.79 Å². The van der Waals surface area contributed by atoms with E-state index in [4.69, 9.17) is 14.5 Å². The van der Waals surface area contributed by atoms with Crippen LogP contribution >= 0.6 is 0 Å². The van der Waals surface area contributed by atoms with Crippen molar-refractivity contribution in [2.24, 2.45) is 11.8 Å². The summed E-state index contributed by atoms with van der Waals surface area (Å²) in [4.78, 5) is 17.7. The Hall–Kier alpha value is -3.54. The third-order valence-corrected chi connectivity index (χ3v) is 7.44. The number of rotatable bonds is 6. The van der Waals surface area contributed by atoms with Gasteiger partial charge in [0.15, 0.2) is 0 Å². The van der Waals surface area contributed by atoms with E-state index in [0.29, 0.717) is 5.92 Å². The molecule has 1 aliphatic carbocycles. The summed E-state index contributed by atoms with van der Waals surface area (Å²) in [6, 6.07) is 19.9. The van der Waals surface area contributed by atoms with Gasteiger partial charge in [-0.15, -0.1) is 0 Å². The topological polar surface area (TPSA) is 72.5 Å². The van der Waals surface area contributed by atoms with Crippen molar-refractivity contribution < 1.29 is 14.3 Å². The minimum atomic E-state index is -0.412. The summed E-state index contributed by atoms with van der Waals surface area (Å²) in [5, 5.41) is 6.95. The highest BCUT2D eigenvalue weighted by molar-refractivity contribution is 5.72. The summed E-state index contributed by atoms with van der Waals surface area (Å²) in [5.74, 6) is 1.60. The molecule has 3 atom stereocenters. The number of amides is 1. The van der Waals surface area contributed by atoms with Crippen LogP contribution in [0.15, 0.2) is 66.9 Å². The van der Waals surface area contributed by atoms with Crippen LogP contribution in [0, 0.1) is 11.8 Å². The molecule has 1 aliphatic heterocycles. The molecule has 0 saturated heterocycles. The number of carbonyl (C=O) groups excluding carboxylic acids is 1. The monoisotopic (exact) mass is 471 g/mol. The molecular weight excluding hydrogens is 438 g/mol. The van der Waals surface area contributed by atoms with Crippen LogP contribution in [0.2, 0.25) is 0 Å². The Morgan fingerprint density at radius 1 is 1.06 bits per heavy atom. The Kier molecular flexibility index (Phi) is 6.89. The maximum atomic E-state index is 12.8. The molecule has 0 radical (unpaired) electrons. The minimum absolute atomic E-state index is 0.189. The predicted octanol–water partition coefficient (Wildman–Crippen LogP) is 6.35. The van der Waals surface area contributed by atoms with Gasteiger partial charge in [0.05, 0.1) is 24.5 Å². The molecule has 0 bridgehead atoms. The number of carbonyl (C=O) groups is 1. The molecule has 5 rings (SSSR count). The molecule has 6 nitrogen and oxygen atoms in total. The smallest absolute Gasteiger partial charge is 0.408 e. The second-order valence-electron chi connectivity index (χ2n) is 9.64. The van der Waals surface area contributed by atoms with Crippen LogP contribution in [0.4, 0.5) is 10.5 Å². The highest BCUT2D eigenvalue weighted by Crippen LogP contribution is 2.43. The number of benzene rings is 2. The fourth-order valence-corrected chi connectivity index (χ4v) is 5.50. The van der Waals surface area contributed by atoms with E-state index in [0.717, 1.165) is 33.8 Å². The van der Waals surface area contributed by atoms with E-state index < -0.39 is 6.09 Å². The van der Waals surface area contributed by atoms with Gasteiger partial charge < -0.3 is 20.1 Å². The molecule has 2 N–H and O–H groups in total. The number of hydrogen-bond donors (Lipinski definition) is 2. The molecule has 1 amide bonds. The lowest BCUT2D eigenvalue weighted by molar-refractivity contribution is 0.128. The van der Waals surface area contributed by atoms with Gasteiger partial charge in [-0.2, -0.15) is 0 Å². The molecule has 1 fully saturated rings. The van der Waals surface area contributed by atoms with Crippen molar-refractivity contribution in [2.45, 2.75) is 51.3 Å². The second kappa shape index (κ2) is 10.4. The first-order valence-electron chi connectivity index (χ1n) is 12.5. The second-order valence-corrected chi connectivity index (χ2v) is 9.64. The summed E-state index contributed by atoms with van der Waals surface area (Å²) >= 11 is 0. The lowest BCUT2D eigenvalue weighted by atomic mass is 9.79. The Bertz CT molecular complexity index is 1140. The van der Waals surface area contributed by atoms with E-state index in [9.17, 15) is 4.79 Å². The van der Waals surface area contributed by atoms with Crippen LogP contribution in [0.5, 0.6) is 5.75 Å². The Morgan fingerprint density at radius 2 is 1.80 bits per heavy atom. The highest BCUT2D eigenvalue weighted by atomic mass is 16.5. The number of aromatic nitrogens is 1. The number of hydrogen-bond acceptors (Lipinski definition) is 5. The van der Waals surface area contributed by atoms with Gasteiger partial charge >= 0.3 is 6.09 Å². The van der Waals surface area contributed by atoms with Crippen LogP contribution in [0.3, 0.4) is 0 Å². The van der Waals surface area contributed by atoms with E-state index in [1.165, 1.54) is 25.7 Å². The molecular formula is C29H33N3O3. The number of nitrogens with one attached hydrogen (secondary N) is 2. The first-order chi connectivity index (χ1) is 17.1. The van der Waals surface area contributed by atoms with E-state index in [-0.39, 0.29) is 24.6 Å². The lowest BCUT2D eigenvalue weighted by Gasteiger charge is -2.41. The first kappa shape index (κ1) is 23.2. The molecule has 3 aromatic rings. The average Bonchev–Trinajstić information content (AvgIpc) is 3.44. The van der Waals surface area contributed by atoms with Crippen molar-refractivity contribution in [2.75, 3.05) is 12.4 Å². The first-order valence-corrected chi connectivity index (χ1v) is 12.5. The van der Waals surface area contributed by atoms with Gasteiger partial charge in [-0.1, -0.05) is 62.2 Å². The number of ether oxygens (including phenoxy) is 2. The third kappa shape index (κ3) is 5.11. The van der Waals surface area contributed by atoms with Gasteiger partial charge in [-0.3, -0.25) is 4.98 Å². The van der Waals surface area contributed by atoms with Gasteiger partial charge in [0.1, 0.15) is 12.4 Å². The lowest BCUT2D eigenvalue weighted by Crippen LogP contribution is -2.47. The molecule has 2 aromatic carbocycles. The molecule has 1 saturated carbocycles. The van der Waals surface area contributed by atoms with E-state index in [1.54, 1.807) is 7.11 Å². The molecule has 0 unspecified atom stereocenters. The average molecular weight is 472 g/mol. The maximum Gasteiger partial charge on any atom is 0.408 e. The Balaban J connectivity index is 1.40. The SMILES string of the molecule is COc1ccc(-c2cnc3c(c2)N[C@@H](C2CCCC2)[C@H](C)[C@H]3NC(=O)OCc2ccccc2)cc1. The van der Waals surface area contributed by atoms with Crippen LogP contribution in [-0.4, -0.2) is 24.2 Å². The highest BCUT2D eigenvalue weighted by Gasteiger charge is 2.40. The number of methoxy groups -OCH3 is 1. The quantitative estimate of drug-likeness (QED) is 0.439. The molecule has 0 spiro atoms. The molecule has 182 valence electrons. The standard InChI is InChI=1S/C29H33N3O3/c1-19-26(22-10-6-7-11-22)31-25-16-23(21-12-14-24(34-2)15-13-21)17-30-28(25)27(19)32-29(33)35-18-20-8-4-3-5-9-20/h3-5,8-9,12-17,19,22,26-27,31H,6-7,10-11,18H2,1-2H3,(H,32,33)/t19-,26+,27+/m0/s1. The Morgan fingerprint density at radius 3 is 2.51 bits per heavy atom. The summed E-state index contributed by atoms with van der Waals surface area (Å²) < 4.78 is 10.9. The summed E-state index contributed by atoms with van der Waals surface area (Å²) in [7, 11) is 1.67. The number of nitrogens with zero attached hydrogens (tertiary/aromatic N) is 1. The molecule has 35 heavy (non-hydrogen) atoms. The van der Waals surface area contributed by atoms with Crippen LogP contribution in [0.25, 0.3) is 11.1 Å². The van der Waals surface area contributed by atoms with E-state index in [1.807, 2.05) is 60.8 Å². The summed E-state index contributed by atoms with van der Waals surface area (Å²) in [6.45, 7) is 2.45.